The molecular weight excluding hydrogens is 238 g/mol. The topological polar surface area (TPSA) is 58.6 Å². The number of carboxylic acids is 1. The van der Waals surface area contributed by atoms with E-state index in [0.717, 1.165) is 17.1 Å². The van der Waals surface area contributed by atoms with Crippen LogP contribution in [0.5, 0.6) is 5.75 Å². The predicted octanol–water partition coefficient (Wildman–Crippen LogP) is 1.87. The summed E-state index contributed by atoms with van der Waals surface area (Å²) in [5.41, 5.74) is 1.06. The molecular formula is C12H15NO3S. The molecule has 1 aromatic carbocycles. The van der Waals surface area contributed by atoms with E-state index < -0.39 is 12.0 Å². The molecule has 0 bridgehead atoms. The third kappa shape index (κ3) is 2.92. The van der Waals surface area contributed by atoms with Crippen molar-refractivity contribution < 1.29 is 14.6 Å². The summed E-state index contributed by atoms with van der Waals surface area (Å²) in [5.74, 6) is 0.867. The first-order valence-electron chi connectivity index (χ1n) is 5.45. The SMILES string of the molecule is COc1cccc(C2NC(C(=O)O)CCS2)c1. The summed E-state index contributed by atoms with van der Waals surface area (Å²) < 4.78 is 5.17. The zero-order valence-electron chi connectivity index (χ0n) is 9.55. The lowest BCUT2D eigenvalue weighted by molar-refractivity contribution is -0.139. The standard InChI is InChI=1S/C12H15NO3S/c1-16-9-4-2-3-8(7-9)11-13-10(12(14)15)5-6-17-11/h2-4,7,10-11,13H,5-6H2,1H3,(H,14,15). The van der Waals surface area contributed by atoms with Crippen LogP contribution in [0.4, 0.5) is 0 Å². The van der Waals surface area contributed by atoms with Crippen LogP contribution in [0.2, 0.25) is 0 Å². The first-order valence-corrected chi connectivity index (χ1v) is 6.50. The van der Waals surface area contributed by atoms with Crippen molar-refractivity contribution in [1.29, 1.82) is 0 Å². The number of thioether (sulfide) groups is 1. The Hall–Kier alpha value is -1.20. The number of carbonyl (C=O) groups is 1. The molecule has 0 radical (unpaired) electrons. The van der Waals surface area contributed by atoms with Gasteiger partial charge in [0.15, 0.2) is 0 Å². The lowest BCUT2D eigenvalue weighted by atomic mass is 10.1. The molecule has 1 fully saturated rings. The van der Waals surface area contributed by atoms with Gasteiger partial charge >= 0.3 is 5.97 Å². The minimum atomic E-state index is -0.779. The summed E-state index contributed by atoms with van der Waals surface area (Å²) in [5, 5.41) is 12.2. The number of hydrogen-bond donors (Lipinski definition) is 2. The van der Waals surface area contributed by atoms with Gasteiger partial charge < -0.3 is 9.84 Å². The maximum absolute atomic E-state index is 11.0. The molecule has 2 rings (SSSR count). The van der Waals surface area contributed by atoms with Crippen LogP contribution >= 0.6 is 11.8 Å². The summed E-state index contributed by atoms with van der Waals surface area (Å²) in [6.45, 7) is 0. The smallest absolute Gasteiger partial charge is 0.320 e. The van der Waals surface area contributed by atoms with Gasteiger partial charge in [-0.25, -0.2) is 0 Å². The van der Waals surface area contributed by atoms with Crippen LogP contribution in [0, 0.1) is 0 Å². The Morgan fingerprint density at radius 2 is 2.41 bits per heavy atom. The second kappa shape index (κ2) is 5.42. The summed E-state index contributed by atoms with van der Waals surface area (Å²) in [4.78, 5) is 11.0. The van der Waals surface area contributed by atoms with Crippen molar-refractivity contribution in [3.63, 3.8) is 0 Å². The van der Waals surface area contributed by atoms with E-state index in [0.29, 0.717) is 6.42 Å². The molecule has 92 valence electrons. The number of ether oxygens (including phenoxy) is 1. The number of hydrogen-bond acceptors (Lipinski definition) is 4. The Morgan fingerprint density at radius 3 is 3.12 bits per heavy atom. The number of nitrogens with one attached hydrogen (secondary N) is 1. The normalized spacial score (nSPS) is 24.3. The first kappa shape index (κ1) is 12.3. The highest BCUT2D eigenvalue weighted by atomic mass is 32.2. The minimum Gasteiger partial charge on any atom is -0.497 e. The van der Waals surface area contributed by atoms with E-state index >= 15 is 0 Å². The van der Waals surface area contributed by atoms with Gasteiger partial charge in [0.2, 0.25) is 0 Å². The van der Waals surface area contributed by atoms with E-state index in [-0.39, 0.29) is 5.37 Å². The van der Waals surface area contributed by atoms with Crippen LogP contribution in [0.3, 0.4) is 0 Å². The van der Waals surface area contributed by atoms with Crippen molar-refractivity contribution >= 4 is 17.7 Å². The van der Waals surface area contributed by atoms with Crippen LogP contribution in [-0.4, -0.2) is 30.0 Å². The third-order valence-corrected chi connectivity index (χ3v) is 3.95. The van der Waals surface area contributed by atoms with E-state index in [1.54, 1.807) is 18.9 Å². The molecule has 0 amide bonds. The van der Waals surface area contributed by atoms with E-state index in [2.05, 4.69) is 5.32 Å². The molecule has 2 atom stereocenters. The van der Waals surface area contributed by atoms with Gasteiger partial charge in [0, 0.05) is 0 Å². The highest BCUT2D eigenvalue weighted by Crippen LogP contribution is 2.33. The fraction of sp³-hybridized carbons (Fsp3) is 0.417. The Kier molecular flexibility index (Phi) is 3.91. The highest BCUT2D eigenvalue weighted by molar-refractivity contribution is 7.99. The molecule has 0 aliphatic carbocycles. The molecule has 0 aromatic heterocycles. The zero-order chi connectivity index (χ0) is 12.3. The van der Waals surface area contributed by atoms with E-state index in [9.17, 15) is 4.79 Å². The molecule has 2 unspecified atom stereocenters. The minimum absolute atomic E-state index is 0.0277. The molecule has 17 heavy (non-hydrogen) atoms. The molecule has 0 saturated carbocycles. The maximum atomic E-state index is 11.0. The summed E-state index contributed by atoms with van der Waals surface area (Å²) >= 11 is 1.73. The largest absolute Gasteiger partial charge is 0.497 e. The Morgan fingerprint density at radius 1 is 1.59 bits per heavy atom. The van der Waals surface area contributed by atoms with Crippen LogP contribution in [0.25, 0.3) is 0 Å². The molecule has 1 aromatic rings. The Labute approximate surface area is 104 Å². The fourth-order valence-corrected chi connectivity index (χ4v) is 3.02. The van der Waals surface area contributed by atoms with E-state index in [1.165, 1.54) is 0 Å². The van der Waals surface area contributed by atoms with Gasteiger partial charge in [0.05, 0.1) is 12.5 Å². The number of carboxylic acid groups (broad SMARTS) is 1. The first-order chi connectivity index (χ1) is 8.20. The van der Waals surface area contributed by atoms with Gasteiger partial charge in [0.1, 0.15) is 11.8 Å². The second-order valence-electron chi connectivity index (χ2n) is 3.87. The summed E-state index contributed by atoms with van der Waals surface area (Å²) in [6.07, 6.45) is 0.667. The number of rotatable bonds is 3. The summed E-state index contributed by atoms with van der Waals surface area (Å²) in [6, 6.07) is 7.27. The van der Waals surface area contributed by atoms with Crippen molar-refractivity contribution in [1.82, 2.24) is 5.32 Å². The van der Waals surface area contributed by atoms with Crippen molar-refractivity contribution in [3.8, 4) is 5.75 Å². The van der Waals surface area contributed by atoms with Crippen LogP contribution in [-0.2, 0) is 4.79 Å². The van der Waals surface area contributed by atoms with Gasteiger partial charge in [-0.3, -0.25) is 10.1 Å². The molecule has 1 aliphatic heterocycles. The molecule has 2 N–H and O–H groups in total. The van der Waals surface area contributed by atoms with Crippen LogP contribution in [0.15, 0.2) is 24.3 Å². The quantitative estimate of drug-likeness (QED) is 0.861. The molecule has 1 aliphatic rings. The van der Waals surface area contributed by atoms with E-state index in [1.807, 2.05) is 24.3 Å². The third-order valence-electron chi connectivity index (χ3n) is 2.74. The van der Waals surface area contributed by atoms with Crippen molar-refractivity contribution in [2.24, 2.45) is 0 Å². The van der Waals surface area contributed by atoms with Crippen molar-refractivity contribution in [2.75, 3.05) is 12.9 Å². The molecule has 0 spiro atoms. The lowest BCUT2D eigenvalue weighted by Crippen LogP contribution is -2.41. The van der Waals surface area contributed by atoms with Gasteiger partial charge in [-0.05, 0) is 29.9 Å². The molecule has 5 heteroatoms. The Balaban J connectivity index is 2.13. The number of aliphatic carboxylic acids is 1. The van der Waals surface area contributed by atoms with E-state index in [4.69, 9.17) is 9.84 Å². The van der Waals surface area contributed by atoms with Crippen LogP contribution in [0.1, 0.15) is 17.4 Å². The van der Waals surface area contributed by atoms with Crippen LogP contribution < -0.4 is 10.1 Å². The lowest BCUT2D eigenvalue weighted by Gasteiger charge is -2.28. The highest BCUT2D eigenvalue weighted by Gasteiger charge is 2.27. The fourth-order valence-electron chi connectivity index (χ4n) is 1.81. The van der Waals surface area contributed by atoms with Gasteiger partial charge in [-0.2, -0.15) is 0 Å². The average Bonchev–Trinajstić information content (AvgIpc) is 2.39. The van der Waals surface area contributed by atoms with Gasteiger partial charge in [0.25, 0.3) is 0 Å². The van der Waals surface area contributed by atoms with Gasteiger partial charge in [-0.1, -0.05) is 12.1 Å². The summed E-state index contributed by atoms with van der Waals surface area (Å²) in [7, 11) is 1.63. The van der Waals surface area contributed by atoms with Gasteiger partial charge in [-0.15, -0.1) is 11.8 Å². The van der Waals surface area contributed by atoms with Crippen molar-refractivity contribution in [3.05, 3.63) is 29.8 Å². The maximum Gasteiger partial charge on any atom is 0.320 e. The number of methoxy groups -OCH3 is 1. The Bertz CT molecular complexity index is 410. The molecule has 1 saturated heterocycles. The average molecular weight is 253 g/mol. The number of benzene rings is 1. The monoisotopic (exact) mass is 253 g/mol. The zero-order valence-corrected chi connectivity index (χ0v) is 10.4. The predicted molar refractivity (Wildman–Crippen MR) is 67.4 cm³/mol. The molecule has 1 heterocycles. The van der Waals surface area contributed by atoms with Crippen molar-refractivity contribution in [2.45, 2.75) is 17.8 Å². The second-order valence-corrected chi connectivity index (χ2v) is 5.09. The molecule has 4 nitrogen and oxygen atoms in total.